The predicted octanol–water partition coefficient (Wildman–Crippen LogP) is 7.74. The second-order valence-corrected chi connectivity index (χ2v) is 11.9. The van der Waals surface area contributed by atoms with E-state index in [0.717, 1.165) is 42.9 Å². The quantitative estimate of drug-likeness (QED) is 0.443. The molecule has 158 valence electrons. The molecule has 4 rings (SSSR count). The van der Waals surface area contributed by atoms with Crippen molar-refractivity contribution in [2.24, 2.45) is 40.4 Å². The third-order valence-electron chi connectivity index (χ3n) is 10.0. The van der Waals surface area contributed by atoms with Crippen molar-refractivity contribution < 1.29 is 4.79 Å². The van der Waals surface area contributed by atoms with E-state index in [4.69, 9.17) is 0 Å². The van der Waals surface area contributed by atoms with Crippen LogP contribution < -0.4 is 0 Å². The summed E-state index contributed by atoms with van der Waals surface area (Å²) in [5, 5.41) is 0. The third-order valence-corrected chi connectivity index (χ3v) is 10.0. The molecule has 4 aliphatic rings. The fraction of sp³-hybridized carbons (Fsp3) is 0.889. The fourth-order valence-electron chi connectivity index (χ4n) is 8.28. The molecule has 0 aromatic heterocycles. The van der Waals surface area contributed by atoms with Gasteiger partial charge >= 0.3 is 0 Å². The number of carbonyl (C=O) groups excluding carboxylic acids is 1. The SMILES string of the molecule is CC(C)CCCC(C)C1CCC2C3=C(CCC21C)C1(C)CCC(=O)CC1CC3. The average molecular weight is 385 g/mol. The highest BCUT2D eigenvalue weighted by Crippen LogP contribution is 2.65. The minimum Gasteiger partial charge on any atom is -0.300 e. The van der Waals surface area contributed by atoms with Crippen molar-refractivity contribution in [2.75, 3.05) is 0 Å². The molecular weight excluding hydrogens is 340 g/mol. The van der Waals surface area contributed by atoms with Crippen LogP contribution in [-0.2, 0) is 4.79 Å². The lowest BCUT2D eigenvalue weighted by Gasteiger charge is -2.54. The van der Waals surface area contributed by atoms with Crippen molar-refractivity contribution >= 4 is 5.78 Å². The van der Waals surface area contributed by atoms with Crippen LogP contribution >= 0.6 is 0 Å². The molecule has 0 N–H and O–H groups in total. The van der Waals surface area contributed by atoms with Crippen LogP contribution in [0.3, 0.4) is 0 Å². The van der Waals surface area contributed by atoms with Crippen LogP contribution in [0.15, 0.2) is 11.1 Å². The molecule has 0 aromatic carbocycles. The van der Waals surface area contributed by atoms with Gasteiger partial charge in [0.15, 0.2) is 0 Å². The molecule has 2 fully saturated rings. The number of hydrogen-bond donors (Lipinski definition) is 0. The minimum atomic E-state index is 0.351. The zero-order chi connectivity index (χ0) is 20.1. The zero-order valence-electron chi connectivity index (χ0n) is 19.3. The molecule has 0 aliphatic heterocycles. The van der Waals surface area contributed by atoms with Gasteiger partial charge in [0, 0.05) is 12.8 Å². The molecule has 28 heavy (non-hydrogen) atoms. The van der Waals surface area contributed by atoms with Crippen LogP contribution in [0, 0.1) is 40.4 Å². The van der Waals surface area contributed by atoms with Gasteiger partial charge in [-0.3, -0.25) is 4.79 Å². The van der Waals surface area contributed by atoms with E-state index in [1.165, 1.54) is 57.8 Å². The van der Waals surface area contributed by atoms with Crippen molar-refractivity contribution in [3.63, 3.8) is 0 Å². The first-order chi connectivity index (χ1) is 13.3. The highest BCUT2D eigenvalue weighted by molar-refractivity contribution is 5.80. The standard InChI is InChI=1S/C27H44O/c1-18(2)7-6-8-19(3)23-11-12-24-22-10-9-20-17-21(28)13-15-26(20,4)25(22)14-16-27(23,24)5/h18-20,23-24H,6-17H2,1-5H3. The van der Waals surface area contributed by atoms with Gasteiger partial charge in [0.1, 0.15) is 5.78 Å². The molecule has 6 unspecified atom stereocenters. The molecule has 0 amide bonds. The first kappa shape index (κ1) is 20.7. The zero-order valence-corrected chi connectivity index (χ0v) is 19.3. The van der Waals surface area contributed by atoms with Gasteiger partial charge in [-0.2, -0.15) is 0 Å². The Morgan fingerprint density at radius 1 is 0.964 bits per heavy atom. The topological polar surface area (TPSA) is 17.1 Å². The molecule has 1 heteroatoms. The smallest absolute Gasteiger partial charge is 0.133 e. The summed E-state index contributed by atoms with van der Waals surface area (Å²) >= 11 is 0. The summed E-state index contributed by atoms with van der Waals surface area (Å²) in [5.74, 6) is 4.68. The Hall–Kier alpha value is -0.590. The maximum atomic E-state index is 12.1. The first-order valence-corrected chi connectivity index (χ1v) is 12.5. The van der Waals surface area contributed by atoms with Crippen molar-refractivity contribution in [3.05, 3.63) is 11.1 Å². The summed E-state index contributed by atoms with van der Waals surface area (Å²) < 4.78 is 0. The largest absolute Gasteiger partial charge is 0.300 e. The van der Waals surface area contributed by atoms with Crippen molar-refractivity contribution in [1.82, 2.24) is 0 Å². The van der Waals surface area contributed by atoms with Crippen LogP contribution in [0.25, 0.3) is 0 Å². The van der Waals surface area contributed by atoms with Gasteiger partial charge in [-0.1, -0.05) is 65.0 Å². The molecule has 2 saturated carbocycles. The first-order valence-electron chi connectivity index (χ1n) is 12.5. The van der Waals surface area contributed by atoms with Gasteiger partial charge in [0.2, 0.25) is 0 Å². The Balaban J connectivity index is 1.53. The lowest BCUT2D eigenvalue weighted by atomic mass is 9.50. The number of Topliss-reactive ketones (excluding diaryl/α,β-unsaturated/α-hetero) is 1. The molecule has 0 saturated heterocycles. The predicted molar refractivity (Wildman–Crippen MR) is 118 cm³/mol. The second-order valence-electron chi connectivity index (χ2n) is 11.9. The van der Waals surface area contributed by atoms with Gasteiger partial charge < -0.3 is 0 Å². The highest BCUT2D eigenvalue weighted by Gasteiger charge is 2.55. The van der Waals surface area contributed by atoms with E-state index >= 15 is 0 Å². The molecule has 4 aliphatic carbocycles. The Morgan fingerprint density at radius 3 is 2.50 bits per heavy atom. The summed E-state index contributed by atoms with van der Waals surface area (Å²) in [6.45, 7) is 12.5. The molecule has 0 aromatic rings. The van der Waals surface area contributed by atoms with Crippen LogP contribution in [-0.4, -0.2) is 5.78 Å². The summed E-state index contributed by atoms with van der Waals surface area (Å²) in [4.78, 5) is 12.1. The lowest BCUT2D eigenvalue weighted by Crippen LogP contribution is -2.45. The van der Waals surface area contributed by atoms with Gasteiger partial charge in [0.25, 0.3) is 0 Å². The maximum Gasteiger partial charge on any atom is 0.133 e. The van der Waals surface area contributed by atoms with E-state index in [0.29, 0.717) is 22.5 Å². The van der Waals surface area contributed by atoms with E-state index in [-0.39, 0.29) is 0 Å². The third kappa shape index (κ3) is 3.33. The number of allylic oxidation sites excluding steroid dienone is 2. The normalized spacial score (nSPS) is 41.6. The number of fused-ring (bicyclic) bond motifs is 4. The molecule has 1 nitrogen and oxygen atoms in total. The Kier molecular flexibility index (Phi) is 5.60. The maximum absolute atomic E-state index is 12.1. The average Bonchev–Trinajstić information content (AvgIpc) is 2.99. The molecule has 0 radical (unpaired) electrons. The summed E-state index contributed by atoms with van der Waals surface area (Å²) in [6.07, 6.45) is 15.3. The fourth-order valence-corrected chi connectivity index (χ4v) is 8.28. The van der Waals surface area contributed by atoms with Crippen LogP contribution in [0.4, 0.5) is 0 Å². The van der Waals surface area contributed by atoms with E-state index in [1.54, 1.807) is 0 Å². The van der Waals surface area contributed by atoms with Gasteiger partial charge in [0.05, 0.1) is 0 Å². The second kappa shape index (κ2) is 7.59. The van der Waals surface area contributed by atoms with E-state index < -0.39 is 0 Å². The van der Waals surface area contributed by atoms with Crippen molar-refractivity contribution in [3.8, 4) is 0 Å². The Labute approximate surface area is 174 Å². The van der Waals surface area contributed by atoms with Crippen LogP contribution in [0.1, 0.15) is 112 Å². The minimum absolute atomic E-state index is 0.351. The molecular formula is C27H44O. The van der Waals surface area contributed by atoms with Gasteiger partial charge in [-0.15, -0.1) is 0 Å². The van der Waals surface area contributed by atoms with E-state index in [9.17, 15) is 4.79 Å². The number of rotatable bonds is 5. The summed E-state index contributed by atoms with van der Waals surface area (Å²) in [7, 11) is 0. The van der Waals surface area contributed by atoms with Gasteiger partial charge in [-0.05, 0) is 85.4 Å². The molecule has 6 atom stereocenters. The Morgan fingerprint density at radius 2 is 1.75 bits per heavy atom. The molecule has 0 bridgehead atoms. The van der Waals surface area contributed by atoms with E-state index in [2.05, 4.69) is 34.6 Å². The van der Waals surface area contributed by atoms with Crippen LogP contribution in [0.2, 0.25) is 0 Å². The monoisotopic (exact) mass is 384 g/mol. The van der Waals surface area contributed by atoms with Crippen molar-refractivity contribution in [2.45, 2.75) is 112 Å². The molecule has 0 spiro atoms. The van der Waals surface area contributed by atoms with Crippen LogP contribution in [0.5, 0.6) is 0 Å². The highest BCUT2D eigenvalue weighted by atomic mass is 16.1. The lowest BCUT2D eigenvalue weighted by molar-refractivity contribution is -0.124. The molecule has 0 heterocycles. The summed E-state index contributed by atoms with van der Waals surface area (Å²) in [5.41, 5.74) is 4.62. The number of hydrogen-bond acceptors (Lipinski definition) is 1. The Bertz CT molecular complexity index is 643. The van der Waals surface area contributed by atoms with Gasteiger partial charge in [-0.25, -0.2) is 0 Å². The van der Waals surface area contributed by atoms with Crippen molar-refractivity contribution in [1.29, 1.82) is 0 Å². The summed E-state index contributed by atoms with van der Waals surface area (Å²) in [6, 6.07) is 0. The number of carbonyl (C=O) groups is 1. The van der Waals surface area contributed by atoms with E-state index in [1.807, 2.05) is 11.1 Å². The number of ketones is 1.